The lowest BCUT2D eigenvalue weighted by molar-refractivity contribution is -0.141. The van der Waals surface area contributed by atoms with Crippen LogP contribution in [0.2, 0.25) is 0 Å². The molecule has 1 atom stereocenters. The number of hydrogen-bond acceptors (Lipinski definition) is 4. The fraction of sp³-hybridized carbons (Fsp3) is 0.500. The van der Waals surface area contributed by atoms with Crippen molar-refractivity contribution in [1.29, 1.82) is 0 Å². The van der Waals surface area contributed by atoms with Crippen molar-refractivity contribution >= 4 is 21.7 Å². The molecule has 23 heavy (non-hydrogen) atoms. The topological polar surface area (TPSA) is 101 Å². The molecule has 1 aromatic rings. The van der Waals surface area contributed by atoms with Gasteiger partial charge >= 0.3 is 5.97 Å². The summed E-state index contributed by atoms with van der Waals surface area (Å²) in [5, 5.41) is 11.1. The Bertz CT molecular complexity index is 650. The van der Waals surface area contributed by atoms with Crippen LogP contribution < -0.4 is 5.32 Å². The first-order chi connectivity index (χ1) is 10.9. The summed E-state index contributed by atoms with van der Waals surface area (Å²) in [6, 6.07) is 7.76. The molecule has 1 fully saturated rings. The van der Waals surface area contributed by atoms with Crippen molar-refractivity contribution in [3.63, 3.8) is 0 Å². The largest absolute Gasteiger partial charge is 0.480 e. The molecule has 0 saturated heterocycles. The fourth-order valence-electron chi connectivity index (χ4n) is 2.83. The summed E-state index contributed by atoms with van der Waals surface area (Å²) in [6.45, 7) is 0. The van der Waals surface area contributed by atoms with Crippen LogP contribution in [0.25, 0.3) is 0 Å². The van der Waals surface area contributed by atoms with Gasteiger partial charge in [-0.1, -0.05) is 43.2 Å². The van der Waals surface area contributed by atoms with E-state index in [1.807, 2.05) is 6.07 Å². The van der Waals surface area contributed by atoms with E-state index in [2.05, 4.69) is 5.32 Å². The highest BCUT2D eigenvalue weighted by Crippen LogP contribution is 2.25. The first-order valence-electron chi connectivity index (χ1n) is 7.66. The van der Waals surface area contributed by atoms with E-state index in [0.717, 1.165) is 18.4 Å². The predicted molar refractivity (Wildman–Crippen MR) is 85.8 cm³/mol. The number of aliphatic carboxylic acids is 1. The number of carboxylic acid groups (broad SMARTS) is 1. The van der Waals surface area contributed by atoms with E-state index >= 15 is 0 Å². The average molecular weight is 339 g/mol. The molecule has 7 heteroatoms. The maximum absolute atomic E-state index is 12.1. The number of carbonyl (C=O) groups excluding carboxylic acids is 1. The van der Waals surface area contributed by atoms with Crippen LogP contribution in [0.4, 0.5) is 0 Å². The van der Waals surface area contributed by atoms with Gasteiger partial charge in [-0.3, -0.25) is 4.79 Å². The first-order valence-corrected chi connectivity index (χ1v) is 9.37. The summed E-state index contributed by atoms with van der Waals surface area (Å²) in [5.41, 5.74) is 0.763. The van der Waals surface area contributed by atoms with Gasteiger partial charge in [-0.15, -0.1) is 0 Å². The lowest BCUT2D eigenvalue weighted by Gasteiger charge is -2.16. The molecule has 0 bridgehead atoms. The molecule has 1 amide bonds. The molecule has 0 unspecified atom stereocenters. The molecule has 0 heterocycles. The van der Waals surface area contributed by atoms with Crippen LogP contribution in [0.3, 0.4) is 0 Å². The van der Waals surface area contributed by atoms with Gasteiger partial charge in [-0.2, -0.15) is 0 Å². The predicted octanol–water partition coefficient (Wildman–Crippen LogP) is 1.16. The number of carboxylic acids is 1. The van der Waals surface area contributed by atoms with E-state index in [1.54, 1.807) is 24.3 Å². The van der Waals surface area contributed by atoms with Crippen molar-refractivity contribution in [2.75, 3.05) is 5.75 Å². The van der Waals surface area contributed by atoms with Crippen molar-refractivity contribution in [1.82, 2.24) is 5.32 Å². The number of nitrogens with one attached hydrogen (secondary N) is 1. The minimum Gasteiger partial charge on any atom is -0.480 e. The SMILES string of the molecule is O=C(CS(=O)(=O)C1CCCC1)N[C@H](Cc1ccccc1)C(=O)O. The quantitative estimate of drug-likeness (QED) is 0.776. The van der Waals surface area contributed by atoms with Gasteiger partial charge in [0.05, 0.1) is 5.25 Å². The molecular formula is C16H21NO5S. The van der Waals surface area contributed by atoms with Crippen LogP contribution in [0.15, 0.2) is 30.3 Å². The van der Waals surface area contributed by atoms with E-state index in [4.69, 9.17) is 0 Å². The van der Waals surface area contributed by atoms with Crippen LogP contribution in [0, 0.1) is 0 Å². The van der Waals surface area contributed by atoms with Gasteiger partial charge in [0.2, 0.25) is 5.91 Å². The summed E-state index contributed by atoms with van der Waals surface area (Å²) >= 11 is 0. The second-order valence-electron chi connectivity index (χ2n) is 5.86. The van der Waals surface area contributed by atoms with Gasteiger partial charge in [0.25, 0.3) is 0 Å². The Kier molecular flexibility index (Phi) is 5.76. The third-order valence-corrected chi connectivity index (χ3v) is 6.21. The van der Waals surface area contributed by atoms with Gasteiger partial charge in [0.15, 0.2) is 9.84 Å². The van der Waals surface area contributed by atoms with E-state index < -0.39 is 38.8 Å². The molecular weight excluding hydrogens is 318 g/mol. The van der Waals surface area contributed by atoms with Crippen molar-refractivity contribution < 1.29 is 23.1 Å². The Morgan fingerprint density at radius 2 is 1.78 bits per heavy atom. The number of amides is 1. The second kappa shape index (κ2) is 7.59. The smallest absolute Gasteiger partial charge is 0.326 e. The summed E-state index contributed by atoms with van der Waals surface area (Å²) < 4.78 is 24.3. The molecule has 1 aromatic carbocycles. The fourth-order valence-corrected chi connectivity index (χ4v) is 4.57. The molecule has 126 valence electrons. The van der Waals surface area contributed by atoms with E-state index in [9.17, 15) is 23.1 Å². The first kappa shape index (κ1) is 17.5. The molecule has 0 radical (unpaired) electrons. The monoisotopic (exact) mass is 339 g/mol. The molecule has 0 spiro atoms. The highest BCUT2D eigenvalue weighted by molar-refractivity contribution is 7.92. The molecule has 2 N–H and O–H groups in total. The van der Waals surface area contributed by atoms with Crippen molar-refractivity contribution in [2.24, 2.45) is 0 Å². The van der Waals surface area contributed by atoms with E-state index in [1.165, 1.54) is 0 Å². The van der Waals surface area contributed by atoms with Crippen molar-refractivity contribution in [3.05, 3.63) is 35.9 Å². The summed E-state index contributed by atoms with van der Waals surface area (Å²) in [7, 11) is -3.51. The zero-order valence-electron chi connectivity index (χ0n) is 12.8. The van der Waals surface area contributed by atoms with Crippen LogP contribution >= 0.6 is 0 Å². The normalized spacial score (nSPS) is 16.9. The van der Waals surface area contributed by atoms with Gasteiger partial charge in [-0.25, -0.2) is 13.2 Å². The lowest BCUT2D eigenvalue weighted by atomic mass is 10.1. The van der Waals surface area contributed by atoms with Crippen LogP contribution in [-0.4, -0.2) is 42.4 Å². The Labute approximate surface area is 135 Å². The van der Waals surface area contributed by atoms with Gasteiger partial charge in [0.1, 0.15) is 11.8 Å². The molecule has 1 aliphatic rings. The Morgan fingerprint density at radius 1 is 1.17 bits per heavy atom. The molecule has 0 aromatic heterocycles. The second-order valence-corrected chi connectivity index (χ2v) is 8.14. The Morgan fingerprint density at radius 3 is 2.35 bits per heavy atom. The number of carbonyl (C=O) groups is 2. The highest BCUT2D eigenvalue weighted by Gasteiger charge is 2.31. The van der Waals surface area contributed by atoms with Gasteiger partial charge in [-0.05, 0) is 18.4 Å². The number of benzene rings is 1. The summed E-state index contributed by atoms with van der Waals surface area (Å²) in [6.07, 6.45) is 3.00. The molecule has 0 aliphatic heterocycles. The average Bonchev–Trinajstić information content (AvgIpc) is 3.02. The van der Waals surface area contributed by atoms with Crippen LogP contribution in [-0.2, 0) is 25.8 Å². The van der Waals surface area contributed by atoms with Crippen molar-refractivity contribution in [2.45, 2.75) is 43.4 Å². The minimum absolute atomic E-state index is 0.116. The van der Waals surface area contributed by atoms with Crippen molar-refractivity contribution in [3.8, 4) is 0 Å². The number of rotatable bonds is 7. The standard InChI is InChI=1S/C16H21NO5S/c18-15(11-23(21,22)13-8-4-5-9-13)17-14(16(19)20)10-12-6-2-1-3-7-12/h1-3,6-7,13-14H,4-5,8-11H2,(H,17,18)(H,19,20)/t14-/m1/s1. The third-order valence-electron chi connectivity index (χ3n) is 4.06. The number of hydrogen-bond donors (Lipinski definition) is 2. The zero-order chi connectivity index (χ0) is 16.9. The van der Waals surface area contributed by atoms with Gasteiger partial charge < -0.3 is 10.4 Å². The highest BCUT2D eigenvalue weighted by atomic mass is 32.2. The van der Waals surface area contributed by atoms with E-state index in [-0.39, 0.29) is 6.42 Å². The number of sulfone groups is 1. The van der Waals surface area contributed by atoms with E-state index in [0.29, 0.717) is 12.8 Å². The molecule has 2 rings (SSSR count). The molecule has 1 saturated carbocycles. The maximum atomic E-state index is 12.1. The minimum atomic E-state index is -3.51. The third kappa shape index (κ3) is 5.06. The van der Waals surface area contributed by atoms with Crippen LogP contribution in [0.5, 0.6) is 0 Å². The molecule has 6 nitrogen and oxygen atoms in total. The zero-order valence-corrected chi connectivity index (χ0v) is 13.6. The maximum Gasteiger partial charge on any atom is 0.326 e. The summed E-state index contributed by atoms with van der Waals surface area (Å²) in [4.78, 5) is 23.3. The van der Waals surface area contributed by atoms with Crippen LogP contribution in [0.1, 0.15) is 31.2 Å². The Balaban J connectivity index is 1.96. The summed E-state index contributed by atoms with van der Waals surface area (Å²) in [5.74, 6) is -2.57. The lowest BCUT2D eigenvalue weighted by Crippen LogP contribution is -2.45. The Hall–Kier alpha value is -1.89. The van der Waals surface area contributed by atoms with Gasteiger partial charge in [0, 0.05) is 6.42 Å². The molecule has 1 aliphatic carbocycles.